The second kappa shape index (κ2) is 6.43. The topological polar surface area (TPSA) is 83.6 Å². The molecule has 1 aliphatic heterocycles. The summed E-state index contributed by atoms with van der Waals surface area (Å²) in [6.07, 6.45) is 3.20. The summed E-state index contributed by atoms with van der Waals surface area (Å²) in [7, 11) is -3.52. The summed E-state index contributed by atoms with van der Waals surface area (Å²) in [5, 5.41) is 9.27. The van der Waals surface area contributed by atoms with Gasteiger partial charge < -0.3 is 9.52 Å². The van der Waals surface area contributed by atoms with Crippen molar-refractivity contribution >= 4 is 10.0 Å². The molecule has 6 nitrogen and oxygen atoms in total. The van der Waals surface area contributed by atoms with E-state index in [2.05, 4.69) is 4.98 Å². The van der Waals surface area contributed by atoms with Gasteiger partial charge in [0.1, 0.15) is 12.0 Å². The Labute approximate surface area is 135 Å². The lowest BCUT2D eigenvalue weighted by Crippen LogP contribution is -2.40. The van der Waals surface area contributed by atoms with Gasteiger partial charge in [0.15, 0.2) is 5.89 Å². The van der Waals surface area contributed by atoms with E-state index in [0.717, 1.165) is 18.4 Å². The third-order valence-corrected chi connectivity index (χ3v) is 6.03. The molecular weight excluding hydrogens is 316 g/mol. The highest BCUT2D eigenvalue weighted by Crippen LogP contribution is 2.26. The van der Waals surface area contributed by atoms with Crippen LogP contribution in [0.25, 0.3) is 11.3 Å². The summed E-state index contributed by atoms with van der Waals surface area (Å²) in [6.45, 7) is 2.67. The molecule has 1 saturated heterocycles. The average Bonchev–Trinajstić information content (AvgIpc) is 3.01. The van der Waals surface area contributed by atoms with Gasteiger partial charge in [-0.25, -0.2) is 13.4 Å². The first-order valence-electron chi connectivity index (χ1n) is 7.64. The van der Waals surface area contributed by atoms with Crippen molar-refractivity contribution in [2.24, 2.45) is 5.92 Å². The molecule has 0 saturated carbocycles. The molecule has 0 radical (unpaired) electrons. The van der Waals surface area contributed by atoms with Gasteiger partial charge >= 0.3 is 0 Å². The van der Waals surface area contributed by atoms with Gasteiger partial charge in [-0.05, 0) is 30.9 Å². The number of aromatic nitrogens is 1. The van der Waals surface area contributed by atoms with Gasteiger partial charge in [-0.15, -0.1) is 0 Å². The minimum Gasteiger partial charge on any atom is -0.449 e. The quantitative estimate of drug-likeness (QED) is 0.924. The van der Waals surface area contributed by atoms with E-state index in [4.69, 9.17) is 4.42 Å². The highest BCUT2D eigenvalue weighted by Gasteiger charge is 2.29. The third kappa shape index (κ3) is 3.31. The van der Waals surface area contributed by atoms with Crippen molar-refractivity contribution in [3.63, 3.8) is 0 Å². The number of aliphatic hydroxyl groups is 1. The largest absolute Gasteiger partial charge is 0.449 e. The molecule has 1 aromatic heterocycles. The maximum absolute atomic E-state index is 12.7. The summed E-state index contributed by atoms with van der Waals surface area (Å²) >= 11 is 0. The second-order valence-electron chi connectivity index (χ2n) is 5.83. The molecule has 23 heavy (non-hydrogen) atoms. The molecule has 0 aliphatic carbocycles. The molecule has 3 rings (SSSR count). The van der Waals surface area contributed by atoms with Crippen LogP contribution in [0.4, 0.5) is 0 Å². The first-order chi connectivity index (χ1) is 11.0. The number of sulfonamides is 1. The van der Waals surface area contributed by atoms with E-state index in [1.165, 1.54) is 4.31 Å². The minimum absolute atomic E-state index is 0.0240. The molecule has 7 heteroatoms. The molecule has 1 fully saturated rings. The molecule has 1 atom stereocenters. The summed E-state index contributed by atoms with van der Waals surface area (Å²) in [6, 6.07) is 6.66. The number of oxazole rings is 1. The van der Waals surface area contributed by atoms with Crippen LogP contribution in [0.15, 0.2) is 39.8 Å². The minimum atomic E-state index is -3.52. The summed E-state index contributed by atoms with van der Waals surface area (Å²) in [5.41, 5.74) is 1.50. The van der Waals surface area contributed by atoms with Crippen LogP contribution in [0.1, 0.15) is 18.7 Å². The second-order valence-corrected chi connectivity index (χ2v) is 7.77. The number of aliphatic hydroxyl groups excluding tert-OH is 1. The van der Waals surface area contributed by atoms with Gasteiger partial charge in [0.2, 0.25) is 10.0 Å². The van der Waals surface area contributed by atoms with Crippen molar-refractivity contribution in [2.75, 3.05) is 19.7 Å². The van der Waals surface area contributed by atoms with E-state index in [0.29, 0.717) is 24.7 Å². The number of hydrogen-bond acceptors (Lipinski definition) is 5. The van der Waals surface area contributed by atoms with Crippen molar-refractivity contribution in [2.45, 2.75) is 24.7 Å². The van der Waals surface area contributed by atoms with Gasteiger partial charge in [-0.2, -0.15) is 4.31 Å². The van der Waals surface area contributed by atoms with E-state index < -0.39 is 10.0 Å². The number of hydrogen-bond donors (Lipinski definition) is 1. The van der Waals surface area contributed by atoms with Crippen molar-refractivity contribution in [1.82, 2.24) is 9.29 Å². The molecule has 0 spiro atoms. The maximum Gasteiger partial charge on any atom is 0.243 e. The number of rotatable bonds is 4. The molecule has 1 N–H and O–H groups in total. The molecular formula is C16H20N2O4S. The zero-order valence-electron chi connectivity index (χ0n) is 13.0. The number of nitrogens with zero attached hydrogens (tertiary/aromatic N) is 2. The highest BCUT2D eigenvalue weighted by atomic mass is 32.2. The van der Waals surface area contributed by atoms with Crippen LogP contribution in [0.3, 0.4) is 0 Å². The molecule has 1 aliphatic rings. The van der Waals surface area contributed by atoms with E-state index >= 15 is 0 Å². The Kier molecular flexibility index (Phi) is 4.52. The van der Waals surface area contributed by atoms with Crippen molar-refractivity contribution < 1.29 is 17.9 Å². The normalized spacial score (nSPS) is 19.8. The van der Waals surface area contributed by atoms with E-state index in [9.17, 15) is 13.5 Å². The van der Waals surface area contributed by atoms with E-state index in [1.54, 1.807) is 37.5 Å². The molecule has 124 valence electrons. The summed E-state index contributed by atoms with van der Waals surface area (Å²) < 4.78 is 32.1. The fourth-order valence-corrected chi connectivity index (χ4v) is 4.39. The van der Waals surface area contributed by atoms with Crippen LogP contribution in [-0.4, -0.2) is 42.5 Å². The SMILES string of the molecule is Cc1nc(-c2ccc(S(=O)(=O)N3CCCC(CO)C3)cc2)co1. The van der Waals surface area contributed by atoms with Gasteiger partial charge in [-0.3, -0.25) is 0 Å². The Morgan fingerprint density at radius 1 is 1.35 bits per heavy atom. The molecule has 0 amide bonds. The maximum atomic E-state index is 12.7. The Morgan fingerprint density at radius 2 is 2.09 bits per heavy atom. The van der Waals surface area contributed by atoms with E-state index in [-0.39, 0.29) is 17.4 Å². The van der Waals surface area contributed by atoms with Crippen LogP contribution >= 0.6 is 0 Å². The number of piperidine rings is 1. The molecule has 1 aromatic carbocycles. The Morgan fingerprint density at radius 3 is 2.70 bits per heavy atom. The zero-order valence-corrected chi connectivity index (χ0v) is 13.8. The molecule has 1 unspecified atom stereocenters. The fourth-order valence-electron chi connectivity index (χ4n) is 2.84. The van der Waals surface area contributed by atoms with Crippen LogP contribution in [-0.2, 0) is 10.0 Å². The van der Waals surface area contributed by atoms with Crippen molar-refractivity contribution in [3.8, 4) is 11.3 Å². The van der Waals surface area contributed by atoms with Crippen LogP contribution in [0, 0.1) is 12.8 Å². The predicted octanol–water partition coefficient (Wildman–Crippen LogP) is 2.04. The van der Waals surface area contributed by atoms with E-state index in [1.807, 2.05) is 0 Å². The van der Waals surface area contributed by atoms with Crippen LogP contribution < -0.4 is 0 Å². The van der Waals surface area contributed by atoms with Gasteiger partial charge in [-0.1, -0.05) is 12.1 Å². The van der Waals surface area contributed by atoms with Crippen molar-refractivity contribution in [1.29, 1.82) is 0 Å². The summed E-state index contributed by atoms with van der Waals surface area (Å²) in [5.74, 6) is 0.593. The Hall–Kier alpha value is -1.70. The zero-order chi connectivity index (χ0) is 16.4. The number of benzene rings is 1. The fraction of sp³-hybridized carbons (Fsp3) is 0.438. The van der Waals surface area contributed by atoms with Crippen molar-refractivity contribution in [3.05, 3.63) is 36.4 Å². The molecule has 0 bridgehead atoms. The lowest BCUT2D eigenvalue weighted by molar-refractivity contribution is 0.165. The van der Waals surface area contributed by atoms with Gasteiger partial charge in [0.25, 0.3) is 0 Å². The molecule has 2 aromatic rings. The number of aryl methyl sites for hydroxylation is 1. The van der Waals surface area contributed by atoms with Gasteiger partial charge in [0, 0.05) is 32.2 Å². The Balaban J connectivity index is 1.83. The lowest BCUT2D eigenvalue weighted by atomic mass is 10.0. The standard InChI is InChI=1S/C16H20N2O4S/c1-12-17-16(11-22-12)14-4-6-15(7-5-14)23(20,21)18-8-2-3-13(9-18)10-19/h4-7,11,13,19H,2-3,8-10H2,1H3. The first-order valence-corrected chi connectivity index (χ1v) is 9.08. The average molecular weight is 336 g/mol. The molecule has 2 heterocycles. The third-order valence-electron chi connectivity index (χ3n) is 4.15. The Bertz CT molecular complexity index is 768. The lowest BCUT2D eigenvalue weighted by Gasteiger charge is -2.30. The first kappa shape index (κ1) is 16.2. The van der Waals surface area contributed by atoms with Crippen LogP contribution in [0.2, 0.25) is 0 Å². The van der Waals surface area contributed by atoms with Crippen LogP contribution in [0.5, 0.6) is 0 Å². The monoisotopic (exact) mass is 336 g/mol. The van der Waals surface area contributed by atoms with Gasteiger partial charge in [0.05, 0.1) is 4.90 Å². The predicted molar refractivity (Wildman–Crippen MR) is 85.2 cm³/mol. The summed E-state index contributed by atoms with van der Waals surface area (Å²) in [4.78, 5) is 4.49. The highest BCUT2D eigenvalue weighted by molar-refractivity contribution is 7.89. The smallest absolute Gasteiger partial charge is 0.243 e.